The number of halogens is 1. The normalized spacial score (nSPS) is 19.5. The number of benzene rings is 2. The fourth-order valence-corrected chi connectivity index (χ4v) is 3.59. The molecule has 1 heterocycles. The van der Waals surface area contributed by atoms with Crippen molar-refractivity contribution in [2.75, 3.05) is 27.4 Å². The van der Waals surface area contributed by atoms with Crippen molar-refractivity contribution in [1.82, 2.24) is 5.32 Å². The maximum atomic E-state index is 13.8. The number of nitriles is 2. The molecular weight excluding hydrogens is 403 g/mol. The molecule has 0 aliphatic carbocycles. The molecule has 0 saturated heterocycles. The third kappa shape index (κ3) is 4.49. The van der Waals surface area contributed by atoms with Gasteiger partial charge in [-0.25, -0.2) is 4.39 Å². The molecule has 9 heteroatoms. The van der Waals surface area contributed by atoms with Crippen molar-refractivity contribution in [1.29, 1.82) is 10.5 Å². The summed E-state index contributed by atoms with van der Waals surface area (Å²) in [6.45, 7) is -0.0110. The average Bonchev–Trinajstić information content (AvgIpc) is 2.76. The minimum absolute atomic E-state index is 0.00551. The Labute approximate surface area is 179 Å². The summed E-state index contributed by atoms with van der Waals surface area (Å²) < 4.78 is 30.4. The van der Waals surface area contributed by atoms with Gasteiger partial charge in [-0.3, -0.25) is 10.3 Å². The van der Waals surface area contributed by atoms with Gasteiger partial charge in [-0.15, -0.1) is 0 Å². The Morgan fingerprint density at radius 3 is 2.58 bits per heavy atom. The minimum atomic E-state index is -1.29. The van der Waals surface area contributed by atoms with Crippen LogP contribution in [0.25, 0.3) is 0 Å². The first-order chi connectivity index (χ1) is 15.0. The number of fused-ring (bicyclic) bond motifs is 1. The molecule has 0 amide bonds. The van der Waals surface area contributed by atoms with Gasteiger partial charge in [0, 0.05) is 25.3 Å². The van der Waals surface area contributed by atoms with Gasteiger partial charge < -0.3 is 19.3 Å². The molecule has 31 heavy (non-hydrogen) atoms. The summed E-state index contributed by atoms with van der Waals surface area (Å²) in [6, 6.07) is 11.4. The van der Waals surface area contributed by atoms with E-state index in [0.717, 1.165) is 0 Å². The topological polar surface area (TPSA) is 120 Å². The molecule has 160 valence electrons. The van der Waals surface area contributed by atoms with Crippen molar-refractivity contribution in [2.24, 2.45) is 4.99 Å². The van der Waals surface area contributed by atoms with Crippen LogP contribution in [0.2, 0.25) is 0 Å². The fraction of sp³-hybridized carbons (Fsp3) is 0.318. The molecule has 0 aromatic heterocycles. The number of aliphatic hydroxyl groups is 1. The lowest BCUT2D eigenvalue weighted by molar-refractivity contribution is -0.144. The maximum Gasteiger partial charge on any atom is 0.183 e. The van der Waals surface area contributed by atoms with E-state index >= 15 is 0 Å². The zero-order valence-corrected chi connectivity index (χ0v) is 17.0. The van der Waals surface area contributed by atoms with E-state index in [1.807, 2.05) is 6.07 Å². The van der Waals surface area contributed by atoms with Crippen LogP contribution in [0.1, 0.15) is 22.7 Å². The molecular formula is C22H21FN4O4. The van der Waals surface area contributed by atoms with Crippen LogP contribution in [0.3, 0.4) is 0 Å². The first-order valence-corrected chi connectivity index (χ1v) is 9.36. The van der Waals surface area contributed by atoms with Crippen LogP contribution in [-0.2, 0) is 9.47 Å². The molecule has 1 aliphatic heterocycles. The molecule has 2 N–H and O–H groups in total. The lowest BCUT2D eigenvalue weighted by Gasteiger charge is -2.44. The molecule has 0 fully saturated rings. The predicted octanol–water partition coefficient (Wildman–Crippen LogP) is 2.04. The molecule has 0 bridgehead atoms. The van der Waals surface area contributed by atoms with E-state index in [0.29, 0.717) is 22.4 Å². The summed E-state index contributed by atoms with van der Waals surface area (Å²) in [6.07, 6.45) is 0.524. The number of hydrogen-bond donors (Lipinski definition) is 2. The lowest BCUT2D eigenvalue weighted by atomic mass is 9.84. The molecule has 2 aromatic rings. The van der Waals surface area contributed by atoms with E-state index < -0.39 is 23.6 Å². The van der Waals surface area contributed by atoms with Crippen LogP contribution < -0.4 is 10.1 Å². The van der Waals surface area contributed by atoms with Gasteiger partial charge in [0.05, 0.1) is 24.8 Å². The SMILES string of the molecule is COCC1(COC)Oc2ccc(C#N)cc2[C@@H](N=C(NC#N)c2cccc(F)c2)[C@@H]1O. The quantitative estimate of drug-likeness (QED) is 0.315. The largest absolute Gasteiger partial charge is 0.479 e. The molecule has 0 spiro atoms. The van der Waals surface area contributed by atoms with Gasteiger partial charge in [0.2, 0.25) is 0 Å². The van der Waals surface area contributed by atoms with E-state index in [9.17, 15) is 20.0 Å². The molecule has 2 aromatic carbocycles. The zero-order valence-electron chi connectivity index (χ0n) is 17.0. The van der Waals surface area contributed by atoms with Crippen LogP contribution in [-0.4, -0.2) is 50.1 Å². The molecule has 0 saturated carbocycles. The van der Waals surface area contributed by atoms with Crippen LogP contribution >= 0.6 is 0 Å². The van der Waals surface area contributed by atoms with Crippen LogP contribution in [0.4, 0.5) is 4.39 Å². The van der Waals surface area contributed by atoms with Crippen molar-refractivity contribution in [2.45, 2.75) is 17.7 Å². The smallest absolute Gasteiger partial charge is 0.183 e. The summed E-state index contributed by atoms with van der Waals surface area (Å²) in [5, 5.41) is 32.3. The van der Waals surface area contributed by atoms with Gasteiger partial charge in [-0.05, 0) is 30.3 Å². The zero-order chi connectivity index (χ0) is 22.4. The number of hydrogen-bond acceptors (Lipinski definition) is 7. The molecule has 1 aliphatic rings. The maximum absolute atomic E-state index is 13.8. The van der Waals surface area contributed by atoms with Crippen molar-refractivity contribution >= 4 is 5.84 Å². The highest BCUT2D eigenvalue weighted by molar-refractivity contribution is 5.99. The van der Waals surface area contributed by atoms with Crippen molar-refractivity contribution in [3.63, 3.8) is 0 Å². The Bertz CT molecular complexity index is 1050. The molecule has 0 unspecified atom stereocenters. The second kappa shape index (κ2) is 9.54. The third-order valence-electron chi connectivity index (χ3n) is 4.93. The summed E-state index contributed by atoms with van der Waals surface area (Å²) in [5.74, 6) is -0.0505. The molecule has 8 nitrogen and oxygen atoms in total. The number of ether oxygens (including phenoxy) is 3. The number of nitrogens with one attached hydrogen (secondary N) is 1. The number of rotatable bonds is 6. The van der Waals surface area contributed by atoms with Crippen LogP contribution in [0.5, 0.6) is 5.75 Å². The first kappa shape index (κ1) is 22.2. The monoisotopic (exact) mass is 424 g/mol. The van der Waals surface area contributed by atoms with E-state index in [1.54, 1.807) is 30.5 Å². The average molecular weight is 424 g/mol. The Kier molecular flexibility index (Phi) is 6.83. The number of methoxy groups -OCH3 is 2. The highest BCUT2D eigenvalue weighted by Gasteiger charge is 2.50. The summed E-state index contributed by atoms with van der Waals surface area (Å²) in [5.41, 5.74) is -0.176. The third-order valence-corrected chi connectivity index (χ3v) is 4.93. The Morgan fingerprint density at radius 2 is 1.97 bits per heavy atom. The highest BCUT2D eigenvalue weighted by Crippen LogP contribution is 2.43. The van der Waals surface area contributed by atoms with Gasteiger partial charge in [-0.1, -0.05) is 12.1 Å². The second-order valence-electron chi connectivity index (χ2n) is 7.01. The Balaban J connectivity index is 2.20. The molecule has 2 atom stereocenters. The summed E-state index contributed by atoms with van der Waals surface area (Å²) in [7, 11) is 2.94. The van der Waals surface area contributed by atoms with Gasteiger partial charge >= 0.3 is 0 Å². The van der Waals surface area contributed by atoms with Crippen LogP contribution in [0, 0.1) is 28.6 Å². The van der Waals surface area contributed by atoms with Crippen molar-refractivity contribution in [3.05, 3.63) is 65.0 Å². The van der Waals surface area contributed by atoms with Crippen molar-refractivity contribution < 1.29 is 23.7 Å². The Hall–Kier alpha value is -3.50. The lowest BCUT2D eigenvalue weighted by Crippen LogP contribution is -2.59. The van der Waals surface area contributed by atoms with Crippen LogP contribution in [0.15, 0.2) is 47.5 Å². The number of aliphatic hydroxyl groups excluding tert-OH is 1. The standard InChI is InChI=1S/C22H21FN4O4/c1-29-11-22(12-30-2)20(28)19(17-8-14(10-24)6-7-18(17)31-22)27-21(26-13-25)15-4-3-5-16(23)9-15/h3-9,19-20,28H,11-12H2,1-2H3,(H,26,27)/t19-,20+/m1/s1. The minimum Gasteiger partial charge on any atom is -0.479 e. The molecule has 0 radical (unpaired) electrons. The van der Waals surface area contributed by atoms with E-state index in [-0.39, 0.29) is 19.0 Å². The summed E-state index contributed by atoms with van der Waals surface area (Å²) in [4.78, 5) is 4.56. The first-order valence-electron chi connectivity index (χ1n) is 9.36. The second-order valence-corrected chi connectivity index (χ2v) is 7.01. The summed E-state index contributed by atoms with van der Waals surface area (Å²) >= 11 is 0. The van der Waals surface area contributed by atoms with Crippen molar-refractivity contribution in [3.8, 4) is 18.0 Å². The van der Waals surface area contributed by atoms with Gasteiger partial charge in [-0.2, -0.15) is 10.5 Å². The van der Waals surface area contributed by atoms with E-state index in [1.165, 1.54) is 32.4 Å². The number of amidine groups is 1. The van der Waals surface area contributed by atoms with Gasteiger partial charge in [0.15, 0.2) is 11.8 Å². The highest BCUT2D eigenvalue weighted by atomic mass is 19.1. The van der Waals surface area contributed by atoms with Gasteiger partial charge in [0.25, 0.3) is 0 Å². The number of aliphatic imine (C=N–C) groups is 1. The van der Waals surface area contributed by atoms with E-state index in [2.05, 4.69) is 10.3 Å². The van der Waals surface area contributed by atoms with Gasteiger partial charge in [0.1, 0.15) is 29.5 Å². The number of nitrogens with zero attached hydrogens (tertiary/aromatic N) is 3. The fourth-order valence-electron chi connectivity index (χ4n) is 3.59. The Morgan fingerprint density at radius 1 is 1.23 bits per heavy atom. The predicted molar refractivity (Wildman–Crippen MR) is 109 cm³/mol. The van der Waals surface area contributed by atoms with E-state index in [4.69, 9.17) is 14.2 Å². The molecule has 3 rings (SSSR count).